The Labute approximate surface area is 469 Å². The minimum Gasteiger partial charge on any atom is -0.394 e. The molecule has 0 aliphatic carbocycles. The van der Waals surface area contributed by atoms with Crippen LogP contribution in [-0.4, -0.2) is 192 Å². The van der Waals surface area contributed by atoms with Crippen molar-refractivity contribution in [3.8, 4) is 0 Å². The second kappa shape index (κ2) is 38.5. The highest BCUT2D eigenvalue weighted by Crippen LogP contribution is 2.12. The number of unbranched alkanes of at least 4 members (excludes halogenated alkanes) is 4. The first kappa shape index (κ1) is 71.9. The first-order valence-corrected chi connectivity index (χ1v) is 27.9. The van der Waals surface area contributed by atoms with Gasteiger partial charge in [-0.3, -0.25) is 52.7 Å². The predicted octanol–water partition coefficient (Wildman–Crippen LogP) is -6.04. The monoisotopic (exact) mass is 1140 g/mol. The van der Waals surface area contributed by atoms with Crippen molar-refractivity contribution in [2.75, 3.05) is 39.3 Å². The van der Waals surface area contributed by atoms with Gasteiger partial charge >= 0.3 is 0 Å². The van der Waals surface area contributed by atoms with Crippen molar-refractivity contribution in [1.29, 1.82) is 0 Å². The van der Waals surface area contributed by atoms with E-state index in [1.54, 1.807) is 27.7 Å². The van der Waals surface area contributed by atoms with Crippen LogP contribution in [0.25, 0.3) is 0 Å². The number of aliphatic hydroxyl groups excluding tert-OH is 3. The molecule has 0 unspecified atom stereocenters. The molecule has 1 aliphatic heterocycles. The highest BCUT2D eigenvalue weighted by Gasteiger charge is 2.37. The maximum absolute atomic E-state index is 14.4. The van der Waals surface area contributed by atoms with Gasteiger partial charge in [-0.2, -0.15) is 0 Å². The molecular formula is C51H95N15O14. The first-order valence-electron chi connectivity index (χ1n) is 27.9. The van der Waals surface area contributed by atoms with Gasteiger partial charge in [0, 0.05) is 13.0 Å². The van der Waals surface area contributed by atoms with Crippen LogP contribution in [0.1, 0.15) is 132 Å². The van der Waals surface area contributed by atoms with Crippen molar-refractivity contribution in [3.05, 3.63) is 0 Å². The number of amides is 11. The normalized spacial score (nSPS) is 23.3. The molecule has 1 rings (SSSR count). The Morgan fingerprint density at radius 1 is 0.550 bits per heavy atom. The summed E-state index contributed by atoms with van der Waals surface area (Å²) in [6.45, 7) is 9.53. The average molecular weight is 1140 g/mol. The van der Waals surface area contributed by atoms with Crippen LogP contribution < -0.4 is 81.4 Å². The molecule has 0 aromatic rings. The third kappa shape index (κ3) is 26.4. The fourth-order valence-corrected chi connectivity index (χ4v) is 8.43. The minimum atomic E-state index is -1.76. The predicted molar refractivity (Wildman–Crippen MR) is 294 cm³/mol. The molecule has 1 aliphatic rings. The first-order chi connectivity index (χ1) is 37.8. The number of carbonyl (C=O) groups is 11. The zero-order chi connectivity index (χ0) is 60.6. The Bertz CT molecular complexity index is 2010. The molecule has 29 heteroatoms. The van der Waals surface area contributed by atoms with Gasteiger partial charge in [-0.25, -0.2) is 0 Å². The molecule has 0 spiro atoms. The van der Waals surface area contributed by atoms with Crippen LogP contribution in [0.5, 0.6) is 0 Å². The maximum Gasteiger partial charge on any atom is 0.245 e. The standard InChI is InChI=1S/C51H95N15O14/c1-8-9-10-11-12-13-39(70)57-38(26-67)49(78)66-41(30(7)69)51(80)62-33(16-21-54)43(72)61-35-18-23-56-50(79)40(29(6)68)65-46(75)34(17-22-55)59-42(71)31(14-19-52)60-47(76)36(24-27(2)3)64-48(77)37(25-28(4)5)63-44(73)32(15-20-53)58-45(35)74/h27-38,40-41,67-69H,8-26,52-55H2,1-7H3,(H,56,79)(H,57,70)(H,58,74)(H,59,71)(H,60,76)(H,61,72)(H,62,80)(H,63,73)(H,64,77)(H,65,75)(H,66,78)/t29-,30-,31+,32+,33+,34+,35+,36+,37-,38+,40+,41+/m1/s1. The highest BCUT2D eigenvalue weighted by atomic mass is 16.3. The SMILES string of the molecule is CCCCCCCC(=O)N[C@@H](CO)C(=O)N[C@H](C(=O)N[C@@H](CCN)C(=O)N[C@H]1CCNC(=O)[C@H]([C@@H](C)O)NC(=O)[C@H](CCN)NC(=O)[C@H](CCN)NC(=O)[C@H](CC(C)C)NC(=O)[C@@H](CC(C)C)NC(=O)[C@H](CCN)NC1=O)[C@@H](C)O. The van der Waals surface area contributed by atoms with Crippen LogP contribution in [0.4, 0.5) is 0 Å². The number of nitrogens with one attached hydrogen (secondary N) is 11. The van der Waals surface area contributed by atoms with Crippen LogP contribution in [0.2, 0.25) is 0 Å². The maximum atomic E-state index is 14.4. The van der Waals surface area contributed by atoms with Gasteiger partial charge < -0.3 is 96.7 Å². The number of nitrogens with two attached hydrogens (primary N) is 4. The Hall–Kier alpha value is -6.11. The Morgan fingerprint density at radius 2 is 1.01 bits per heavy atom. The van der Waals surface area contributed by atoms with E-state index in [1.165, 1.54) is 6.92 Å². The van der Waals surface area contributed by atoms with Crippen molar-refractivity contribution in [1.82, 2.24) is 58.5 Å². The number of aliphatic hydroxyl groups is 3. The summed E-state index contributed by atoms with van der Waals surface area (Å²) in [7, 11) is 0. The van der Waals surface area contributed by atoms with Gasteiger partial charge in [-0.15, -0.1) is 0 Å². The summed E-state index contributed by atoms with van der Waals surface area (Å²) in [5, 5.41) is 58.8. The summed E-state index contributed by atoms with van der Waals surface area (Å²) < 4.78 is 0. The summed E-state index contributed by atoms with van der Waals surface area (Å²) in [5.74, 6) is -10.4. The molecule has 29 nitrogen and oxygen atoms in total. The molecule has 80 heavy (non-hydrogen) atoms. The molecule has 1 saturated heterocycles. The van der Waals surface area contributed by atoms with E-state index in [9.17, 15) is 68.1 Å². The van der Waals surface area contributed by atoms with Crippen molar-refractivity contribution >= 4 is 65.0 Å². The van der Waals surface area contributed by atoms with E-state index in [0.717, 1.165) is 32.6 Å². The topological polar surface area (TPSA) is 485 Å². The van der Waals surface area contributed by atoms with Crippen molar-refractivity contribution in [3.63, 3.8) is 0 Å². The molecular weight excluding hydrogens is 1050 g/mol. The third-order valence-corrected chi connectivity index (χ3v) is 12.9. The zero-order valence-corrected chi connectivity index (χ0v) is 47.7. The molecule has 1 heterocycles. The summed E-state index contributed by atoms with van der Waals surface area (Å²) >= 11 is 0. The zero-order valence-electron chi connectivity index (χ0n) is 47.7. The van der Waals surface area contributed by atoms with Gasteiger partial charge in [0.05, 0.1) is 18.8 Å². The lowest BCUT2D eigenvalue weighted by molar-refractivity contribution is -0.137. The molecule has 22 N–H and O–H groups in total. The third-order valence-electron chi connectivity index (χ3n) is 12.9. The largest absolute Gasteiger partial charge is 0.394 e. The van der Waals surface area contributed by atoms with Crippen molar-refractivity contribution in [2.45, 2.75) is 205 Å². The second-order valence-electron chi connectivity index (χ2n) is 21.0. The smallest absolute Gasteiger partial charge is 0.245 e. The van der Waals surface area contributed by atoms with Crippen LogP contribution in [0.3, 0.4) is 0 Å². The average Bonchev–Trinajstić information content (AvgIpc) is 3.38. The van der Waals surface area contributed by atoms with E-state index >= 15 is 0 Å². The fraction of sp³-hybridized carbons (Fsp3) is 0.784. The van der Waals surface area contributed by atoms with Crippen LogP contribution >= 0.6 is 0 Å². The lowest BCUT2D eigenvalue weighted by Crippen LogP contribution is -2.62. The van der Waals surface area contributed by atoms with E-state index < -0.39 is 157 Å². The van der Waals surface area contributed by atoms with Gasteiger partial charge in [-0.1, -0.05) is 60.3 Å². The van der Waals surface area contributed by atoms with Crippen molar-refractivity contribution in [2.24, 2.45) is 34.8 Å². The second-order valence-corrected chi connectivity index (χ2v) is 21.0. The number of hydrogen-bond acceptors (Lipinski definition) is 18. The van der Waals surface area contributed by atoms with Crippen molar-refractivity contribution < 1.29 is 68.1 Å². The molecule has 0 radical (unpaired) electrons. The Balaban J connectivity index is 3.81. The summed E-state index contributed by atoms with van der Waals surface area (Å²) in [6, 6.07) is -15.0. The van der Waals surface area contributed by atoms with E-state index in [-0.39, 0.29) is 83.0 Å². The lowest BCUT2D eigenvalue weighted by Gasteiger charge is -2.29. The van der Waals surface area contributed by atoms with Crippen LogP contribution in [0.15, 0.2) is 0 Å². The van der Waals surface area contributed by atoms with Gasteiger partial charge in [0.1, 0.15) is 60.4 Å². The van der Waals surface area contributed by atoms with Gasteiger partial charge in [0.2, 0.25) is 65.0 Å². The minimum absolute atomic E-state index is 0.0389. The number of rotatable bonds is 28. The molecule has 11 amide bonds. The van der Waals surface area contributed by atoms with Crippen LogP contribution in [0, 0.1) is 11.8 Å². The molecule has 0 aromatic carbocycles. The number of hydrogen-bond donors (Lipinski definition) is 18. The quantitative estimate of drug-likeness (QED) is 0.0324. The molecule has 0 bridgehead atoms. The Morgan fingerprint density at radius 3 is 1.45 bits per heavy atom. The summed E-state index contributed by atoms with van der Waals surface area (Å²) in [4.78, 5) is 152. The van der Waals surface area contributed by atoms with E-state index in [0.29, 0.717) is 6.42 Å². The molecule has 1 fully saturated rings. The van der Waals surface area contributed by atoms with Gasteiger partial charge in [-0.05, 0) is 103 Å². The lowest BCUT2D eigenvalue weighted by atomic mass is 9.99. The molecule has 0 aromatic heterocycles. The molecule has 458 valence electrons. The van der Waals surface area contributed by atoms with E-state index in [1.807, 2.05) is 6.92 Å². The fourth-order valence-electron chi connectivity index (χ4n) is 8.43. The van der Waals surface area contributed by atoms with Gasteiger partial charge in [0.15, 0.2) is 0 Å². The molecule has 12 atom stereocenters. The summed E-state index contributed by atoms with van der Waals surface area (Å²) in [5.41, 5.74) is 23.4. The van der Waals surface area contributed by atoms with Crippen LogP contribution in [-0.2, 0) is 52.7 Å². The summed E-state index contributed by atoms with van der Waals surface area (Å²) in [6.07, 6.45) is -0.0286. The van der Waals surface area contributed by atoms with E-state index in [2.05, 4.69) is 58.5 Å². The Kier molecular flexibility index (Phi) is 34.6. The van der Waals surface area contributed by atoms with Gasteiger partial charge in [0.25, 0.3) is 0 Å². The highest BCUT2D eigenvalue weighted by molar-refractivity contribution is 5.99. The van der Waals surface area contributed by atoms with E-state index in [4.69, 9.17) is 22.9 Å². The molecule has 0 saturated carbocycles. The number of carbonyl (C=O) groups excluding carboxylic acids is 11.